The van der Waals surface area contributed by atoms with Crippen LogP contribution in [0.1, 0.15) is 33.8 Å². The first-order chi connectivity index (χ1) is 15.1. The van der Waals surface area contributed by atoms with E-state index in [-0.39, 0.29) is 29.9 Å². The number of phenols is 1. The van der Waals surface area contributed by atoms with Gasteiger partial charge in [-0.2, -0.15) is 0 Å². The summed E-state index contributed by atoms with van der Waals surface area (Å²) in [6.07, 6.45) is 0.215. The van der Waals surface area contributed by atoms with Gasteiger partial charge in [0.1, 0.15) is 5.75 Å². The SMILES string of the molecule is O=C(CC(c1ccccc1)c1cc(C(=O)N2CCOCC2)ccc1O)N1CCOCC1. The molecule has 0 saturated carbocycles. The van der Waals surface area contributed by atoms with Gasteiger partial charge in [0.15, 0.2) is 0 Å². The normalized spacial score (nSPS) is 17.9. The molecule has 2 aromatic carbocycles. The number of amides is 2. The van der Waals surface area contributed by atoms with E-state index in [9.17, 15) is 14.7 Å². The van der Waals surface area contributed by atoms with Gasteiger partial charge >= 0.3 is 0 Å². The summed E-state index contributed by atoms with van der Waals surface area (Å²) in [4.78, 5) is 29.6. The average Bonchev–Trinajstić information content (AvgIpc) is 2.84. The molecule has 1 N–H and O–H groups in total. The van der Waals surface area contributed by atoms with E-state index in [1.807, 2.05) is 30.3 Å². The highest BCUT2D eigenvalue weighted by molar-refractivity contribution is 5.95. The van der Waals surface area contributed by atoms with Crippen LogP contribution in [0.3, 0.4) is 0 Å². The number of aromatic hydroxyl groups is 1. The molecule has 2 aliphatic heterocycles. The first-order valence-corrected chi connectivity index (χ1v) is 10.7. The molecule has 1 unspecified atom stereocenters. The molecule has 0 aromatic heterocycles. The van der Waals surface area contributed by atoms with Crippen LogP contribution in [0.2, 0.25) is 0 Å². The van der Waals surface area contributed by atoms with Crippen LogP contribution in [0.25, 0.3) is 0 Å². The largest absolute Gasteiger partial charge is 0.508 e. The Balaban J connectivity index is 1.64. The van der Waals surface area contributed by atoms with Crippen LogP contribution < -0.4 is 0 Å². The predicted molar refractivity (Wildman–Crippen MR) is 115 cm³/mol. The smallest absolute Gasteiger partial charge is 0.254 e. The number of hydrogen-bond donors (Lipinski definition) is 1. The molecule has 164 valence electrons. The van der Waals surface area contributed by atoms with Gasteiger partial charge in [-0.3, -0.25) is 9.59 Å². The summed E-state index contributed by atoms with van der Waals surface area (Å²) in [5, 5.41) is 10.7. The van der Waals surface area contributed by atoms with Gasteiger partial charge in [-0.25, -0.2) is 0 Å². The molecule has 7 nitrogen and oxygen atoms in total. The van der Waals surface area contributed by atoms with Crippen molar-refractivity contribution in [2.24, 2.45) is 0 Å². The molecule has 2 heterocycles. The molecule has 2 saturated heterocycles. The minimum absolute atomic E-state index is 0.0152. The summed E-state index contributed by atoms with van der Waals surface area (Å²) in [7, 11) is 0. The highest BCUT2D eigenvalue weighted by Crippen LogP contribution is 2.35. The summed E-state index contributed by atoms with van der Waals surface area (Å²) in [6, 6.07) is 14.6. The number of carbonyl (C=O) groups is 2. The number of nitrogens with zero attached hydrogens (tertiary/aromatic N) is 2. The molecule has 2 fully saturated rings. The highest BCUT2D eigenvalue weighted by Gasteiger charge is 2.27. The maximum atomic E-state index is 13.0. The van der Waals surface area contributed by atoms with E-state index in [1.54, 1.807) is 28.0 Å². The lowest BCUT2D eigenvalue weighted by molar-refractivity contribution is -0.135. The first kappa shape index (κ1) is 21.3. The van der Waals surface area contributed by atoms with Crippen LogP contribution in [0.4, 0.5) is 0 Å². The topological polar surface area (TPSA) is 79.3 Å². The number of rotatable bonds is 5. The Hall–Kier alpha value is -2.90. The predicted octanol–water partition coefficient (Wildman–Crippen LogP) is 2.25. The van der Waals surface area contributed by atoms with E-state index in [0.29, 0.717) is 63.7 Å². The van der Waals surface area contributed by atoms with E-state index < -0.39 is 0 Å². The summed E-state index contributed by atoms with van der Waals surface area (Å²) >= 11 is 0. The second-order valence-electron chi connectivity index (χ2n) is 7.84. The summed E-state index contributed by atoms with van der Waals surface area (Å²) in [5.74, 6) is -0.339. The number of phenolic OH excluding ortho intramolecular Hbond substituents is 1. The van der Waals surface area contributed by atoms with Crippen molar-refractivity contribution in [3.63, 3.8) is 0 Å². The van der Waals surface area contributed by atoms with Crippen LogP contribution in [0.5, 0.6) is 5.75 Å². The van der Waals surface area contributed by atoms with Crippen molar-refractivity contribution in [2.45, 2.75) is 12.3 Å². The van der Waals surface area contributed by atoms with Crippen molar-refractivity contribution in [3.05, 3.63) is 65.2 Å². The van der Waals surface area contributed by atoms with Crippen molar-refractivity contribution < 1.29 is 24.2 Å². The zero-order valence-corrected chi connectivity index (χ0v) is 17.5. The van der Waals surface area contributed by atoms with Gasteiger partial charge in [-0.1, -0.05) is 30.3 Å². The van der Waals surface area contributed by atoms with Crippen molar-refractivity contribution in [2.75, 3.05) is 52.6 Å². The van der Waals surface area contributed by atoms with Crippen molar-refractivity contribution >= 4 is 11.8 Å². The second-order valence-corrected chi connectivity index (χ2v) is 7.84. The number of carbonyl (C=O) groups excluding carboxylic acids is 2. The summed E-state index contributed by atoms with van der Waals surface area (Å²) < 4.78 is 10.7. The fourth-order valence-corrected chi connectivity index (χ4v) is 4.12. The monoisotopic (exact) mass is 424 g/mol. The molecular formula is C24H28N2O5. The Morgan fingerprint density at radius 3 is 2.13 bits per heavy atom. The Morgan fingerprint density at radius 1 is 0.871 bits per heavy atom. The molecule has 0 radical (unpaired) electrons. The molecule has 0 bridgehead atoms. The quantitative estimate of drug-likeness (QED) is 0.797. The van der Waals surface area contributed by atoms with Gasteiger partial charge in [-0.15, -0.1) is 0 Å². The van der Waals surface area contributed by atoms with Gasteiger partial charge in [-0.05, 0) is 23.8 Å². The minimum atomic E-state index is -0.353. The van der Waals surface area contributed by atoms with Crippen LogP contribution in [0, 0.1) is 0 Å². The molecule has 0 spiro atoms. The Bertz CT molecular complexity index is 905. The lowest BCUT2D eigenvalue weighted by atomic mass is 9.86. The van der Waals surface area contributed by atoms with E-state index in [2.05, 4.69) is 0 Å². The standard InChI is InChI=1S/C24H28N2O5/c27-22-7-6-19(24(29)26-10-14-31-15-11-26)16-21(22)20(18-4-2-1-3-5-18)17-23(28)25-8-12-30-13-9-25/h1-7,16,20,27H,8-15,17H2. The lowest BCUT2D eigenvalue weighted by Crippen LogP contribution is -2.41. The lowest BCUT2D eigenvalue weighted by Gasteiger charge is -2.29. The molecular weight excluding hydrogens is 396 g/mol. The van der Waals surface area contributed by atoms with Gasteiger partial charge in [0.05, 0.1) is 26.4 Å². The highest BCUT2D eigenvalue weighted by atomic mass is 16.5. The van der Waals surface area contributed by atoms with Crippen molar-refractivity contribution in [3.8, 4) is 5.75 Å². The third kappa shape index (κ3) is 5.06. The van der Waals surface area contributed by atoms with Gasteiger partial charge < -0.3 is 24.4 Å². The fourth-order valence-electron chi connectivity index (χ4n) is 4.12. The molecule has 2 aromatic rings. The molecule has 31 heavy (non-hydrogen) atoms. The number of ether oxygens (including phenoxy) is 2. The molecule has 2 aliphatic rings. The van der Waals surface area contributed by atoms with Crippen molar-refractivity contribution in [1.82, 2.24) is 9.80 Å². The number of morpholine rings is 2. The van der Waals surface area contributed by atoms with E-state index in [4.69, 9.17) is 9.47 Å². The minimum Gasteiger partial charge on any atom is -0.508 e. The molecule has 7 heteroatoms. The fraction of sp³-hybridized carbons (Fsp3) is 0.417. The van der Waals surface area contributed by atoms with Crippen molar-refractivity contribution in [1.29, 1.82) is 0 Å². The van der Waals surface area contributed by atoms with Crippen LogP contribution in [0.15, 0.2) is 48.5 Å². The first-order valence-electron chi connectivity index (χ1n) is 10.7. The zero-order chi connectivity index (χ0) is 21.6. The third-order valence-corrected chi connectivity index (χ3v) is 5.89. The average molecular weight is 424 g/mol. The molecule has 0 aliphatic carbocycles. The number of hydrogen-bond acceptors (Lipinski definition) is 5. The third-order valence-electron chi connectivity index (χ3n) is 5.89. The van der Waals surface area contributed by atoms with E-state index in [0.717, 1.165) is 5.56 Å². The Morgan fingerprint density at radius 2 is 1.48 bits per heavy atom. The van der Waals surface area contributed by atoms with Crippen LogP contribution in [-0.2, 0) is 14.3 Å². The molecule has 1 atom stereocenters. The maximum Gasteiger partial charge on any atom is 0.254 e. The van der Waals surface area contributed by atoms with Gasteiger partial charge in [0.2, 0.25) is 5.91 Å². The van der Waals surface area contributed by atoms with E-state index in [1.165, 1.54) is 0 Å². The maximum absolute atomic E-state index is 13.0. The van der Waals surface area contributed by atoms with Gasteiger partial charge in [0, 0.05) is 49.6 Å². The van der Waals surface area contributed by atoms with Crippen LogP contribution >= 0.6 is 0 Å². The zero-order valence-electron chi connectivity index (χ0n) is 17.5. The van der Waals surface area contributed by atoms with Crippen LogP contribution in [-0.4, -0.2) is 79.3 Å². The summed E-state index contributed by atoms with van der Waals surface area (Å²) in [6.45, 7) is 4.37. The number of benzene rings is 2. The summed E-state index contributed by atoms with van der Waals surface area (Å²) in [5.41, 5.74) is 2.02. The molecule has 2 amide bonds. The van der Waals surface area contributed by atoms with Gasteiger partial charge in [0.25, 0.3) is 5.91 Å². The molecule has 4 rings (SSSR count). The Kier molecular flexibility index (Phi) is 6.84. The Labute approximate surface area is 182 Å². The second kappa shape index (κ2) is 9.94. The van der Waals surface area contributed by atoms with E-state index >= 15 is 0 Å².